The lowest BCUT2D eigenvalue weighted by Crippen LogP contribution is -2.55. The second kappa shape index (κ2) is 12.1. The molecule has 0 saturated carbocycles. The normalized spacial score (nSPS) is 12.5. The van der Waals surface area contributed by atoms with Crippen molar-refractivity contribution in [1.82, 2.24) is 9.05 Å². The lowest BCUT2D eigenvalue weighted by molar-refractivity contribution is 1.16. The summed E-state index contributed by atoms with van der Waals surface area (Å²) >= 11 is 0. The van der Waals surface area contributed by atoms with E-state index >= 15 is 0 Å². The molecule has 2 aromatic heterocycles. The van der Waals surface area contributed by atoms with Gasteiger partial charge in [0.2, 0.25) is 0 Å². The summed E-state index contributed by atoms with van der Waals surface area (Å²) in [6.07, 6.45) is 0. The van der Waals surface area contributed by atoms with Crippen LogP contribution in [0.1, 0.15) is 11.1 Å². The first-order valence-electron chi connectivity index (χ1n) is 20.7. The van der Waals surface area contributed by atoms with Crippen molar-refractivity contribution in [1.29, 1.82) is 0 Å². The number of aromatic nitrogens is 2. The summed E-state index contributed by atoms with van der Waals surface area (Å²) < 4.78 is 5.32. The molecule has 274 valence electrons. The van der Waals surface area contributed by atoms with Crippen LogP contribution in [-0.4, -0.2) is 15.9 Å². The predicted molar refractivity (Wildman–Crippen MR) is 251 cm³/mol. The van der Waals surface area contributed by atoms with Gasteiger partial charge in [-0.3, -0.25) is 0 Å². The van der Waals surface area contributed by atoms with Gasteiger partial charge in [-0.15, -0.1) is 0 Å². The highest BCUT2D eigenvalue weighted by Crippen LogP contribution is 2.47. The van der Waals surface area contributed by atoms with E-state index in [1.54, 1.807) is 0 Å². The van der Waals surface area contributed by atoms with Gasteiger partial charge in [-0.05, 0) is 135 Å². The van der Waals surface area contributed by atoms with E-state index in [0.717, 1.165) is 0 Å². The standard InChI is InChI=1S/C56H37BN2/c1-34-27-52-54-53(35(34)2)48-32-42(38-19-11-5-12-20-38)30-46-45-29-41(37-17-9-4-10-18-37)24-26-51(45)59(55(46)48)57(54)49-33-43(39-21-13-6-14-22-39)31-47-44-28-40(36-15-7-3-8-16-36)23-25-50(44)58(52)56(47)49/h3-33H,1-2H3. The van der Waals surface area contributed by atoms with Gasteiger partial charge in [-0.1, -0.05) is 140 Å². The zero-order valence-corrected chi connectivity index (χ0v) is 32.9. The number of fused-ring (bicyclic) bond motifs is 10. The zero-order valence-electron chi connectivity index (χ0n) is 32.9. The summed E-state index contributed by atoms with van der Waals surface area (Å²) in [4.78, 5) is 0. The first-order chi connectivity index (χ1) is 29.1. The van der Waals surface area contributed by atoms with E-state index in [0.29, 0.717) is 0 Å². The van der Waals surface area contributed by atoms with Crippen LogP contribution >= 0.6 is 0 Å². The van der Waals surface area contributed by atoms with Crippen molar-refractivity contribution < 1.29 is 0 Å². The second-order valence-corrected chi connectivity index (χ2v) is 16.5. The predicted octanol–water partition coefficient (Wildman–Crippen LogP) is 13.1. The Balaban J connectivity index is 1.21. The summed E-state index contributed by atoms with van der Waals surface area (Å²) in [6, 6.07) is 70.2. The third-order valence-electron chi connectivity index (χ3n) is 13.4. The molecule has 2 aliphatic heterocycles. The van der Waals surface area contributed by atoms with Crippen molar-refractivity contribution in [3.63, 3.8) is 0 Å². The van der Waals surface area contributed by atoms with Crippen molar-refractivity contribution in [2.75, 3.05) is 0 Å². The van der Waals surface area contributed by atoms with Crippen LogP contribution < -0.4 is 10.9 Å². The number of aryl methyl sites for hydroxylation is 1. The van der Waals surface area contributed by atoms with Gasteiger partial charge < -0.3 is 9.05 Å². The van der Waals surface area contributed by atoms with Crippen LogP contribution in [0.2, 0.25) is 0 Å². The van der Waals surface area contributed by atoms with Crippen LogP contribution in [0, 0.1) is 13.8 Å². The molecule has 0 bridgehead atoms. The first-order valence-corrected chi connectivity index (χ1v) is 20.7. The van der Waals surface area contributed by atoms with E-state index < -0.39 is 0 Å². The molecule has 2 aliphatic rings. The topological polar surface area (TPSA) is 9.86 Å². The molecule has 0 N–H and O–H groups in total. The molecule has 0 spiro atoms. The first kappa shape index (κ1) is 32.7. The molecule has 9 aromatic carbocycles. The number of nitrogens with zero attached hydrogens (tertiary/aromatic N) is 2. The maximum absolute atomic E-state index is 2.71. The van der Waals surface area contributed by atoms with Gasteiger partial charge in [0.05, 0.1) is 11.0 Å². The zero-order chi connectivity index (χ0) is 38.9. The van der Waals surface area contributed by atoms with E-state index in [9.17, 15) is 0 Å². The minimum absolute atomic E-state index is 0.0338. The van der Waals surface area contributed by atoms with Crippen LogP contribution in [0.25, 0.3) is 105 Å². The lowest BCUT2D eigenvalue weighted by Gasteiger charge is -2.36. The molecule has 11 aromatic rings. The van der Waals surface area contributed by atoms with Gasteiger partial charge in [-0.2, -0.15) is 0 Å². The largest absolute Gasteiger partial charge is 0.375 e. The third kappa shape index (κ3) is 4.53. The number of hydrogen-bond acceptors (Lipinski definition) is 0. The molecule has 0 atom stereocenters. The summed E-state index contributed by atoms with van der Waals surface area (Å²) in [7, 11) is 0. The number of hydrogen-bond donors (Lipinski definition) is 0. The molecular weight excluding hydrogens is 711 g/mol. The Morgan fingerprint density at radius 1 is 0.390 bits per heavy atom. The molecule has 0 radical (unpaired) electrons. The molecule has 0 amide bonds. The molecular formula is C56H37BN2. The Kier molecular flexibility index (Phi) is 6.70. The fraction of sp³-hybridized carbons (Fsp3) is 0.0357. The monoisotopic (exact) mass is 748 g/mol. The van der Waals surface area contributed by atoms with Crippen molar-refractivity contribution in [3.05, 3.63) is 199 Å². The van der Waals surface area contributed by atoms with Gasteiger partial charge in [0.15, 0.2) is 0 Å². The molecule has 0 fully saturated rings. The Hall–Kier alpha value is -7.36. The Morgan fingerprint density at radius 2 is 0.864 bits per heavy atom. The molecule has 0 aliphatic carbocycles. The average Bonchev–Trinajstić information content (AvgIpc) is 3.81. The molecule has 0 unspecified atom stereocenters. The molecule has 0 saturated heterocycles. The molecule has 3 heteroatoms. The fourth-order valence-corrected chi connectivity index (χ4v) is 10.6. The number of benzene rings is 9. The summed E-state index contributed by atoms with van der Waals surface area (Å²) in [5.41, 5.74) is 24.4. The van der Waals surface area contributed by atoms with Crippen LogP contribution in [0.5, 0.6) is 0 Å². The summed E-state index contributed by atoms with van der Waals surface area (Å²) in [6.45, 7) is 4.62. The van der Waals surface area contributed by atoms with Crippen LogP contribution in [0.3, 0.4) is 0 Å². The quantitative estimate of drug-likeness (QED) is 0.159. The van der Waals surface area contributed by atoms with Gasteiger partial charge in [0.1, 0.15) is 0 Å². The maximum atomic E-state index is 2.71. The van der Waals surface area contributed by atoms with E-state index in [-0.39, 0.29) is 6.85 Å². The van der Waals surface area contributed by atoms with Gasteiger partial charge in [0, 0.05) is 43.8 Å². The summed E-state index contributed by atoms with van der Waals surface area (Å²) in [5, 5.41) is 5.17. The van der Waals surface area contributed by atoms with Gasteiger partial charge in [0.25, 0.3) is 0 Å². The Bertz CT molecular complexity index is 3540. The molecule has 4 heterocycles. The molecule has 59 heavy (non-hydrogen) atoms. The van der Waals surface area contributed by atoms with Gasteiger partial charge >= 0.3 is 6.85 Å². The Labute approximate surface area is 343 Å². The minimum atomic E-state index is -0.0338. The lowest BCUT2D eigenvalue weighted by atomic mass is 9.45. The SMILES string of the molecule is Cc1cc2c3c(c1C)-c1cc(-c4ccccc4)cc4c5cc(-c6ccccc6)ccc5n(c14)B3c1cc(-c3ccccc3)cc3c4cc(-c5ccccc5)ccc4n-2c13. The second-order valence-electron chi connectivity index (χ2n) is 16.5. The smallest absolute Gasteiger partial charge is 0.333 e. The van der Waals surface area contributed by atoms with Gasteiger partial charge in [-0.25, -0.2) is 0 Å². The summed E-state index contributed by atoms with van der Waals surface area (Å²) in [5.74, 6) is 0. The highest BCUT2D eigenvalue weighted by atomic mass is 15.0. The van der Waals surface area contributed by atoms with E-state index in [2.05, 4.69) is 211 Å². The van der Waals surface area contributed by atoms with Crippen molar-refractivity contribution in [3.8, 4) is 61.3 Å². The van der Waals surface area contributed by atoms with Crippen molar-refractivity contribution >= 4 is 61.4 Å². The Morgan fingerprint density at radius 3 is 1.44 bits per heavy atom. The minimum Gasteiger partial charge on any atom is -0.375 e. The van der Waals surface area contributed by atoms with E-state index in [1.165, 1.54) is 127 Å². The average molecular weight is 749 g/mol. The van der Waals surface area contributed by atoms with Crippen LogP contribution in [-0.2, 0) is 0 Å². The molecule has 13 rings (SSSR count). The van der Waals surface area contributed by atoms with E-state index in [1.807, 2.05) is 0 Å². The van der Waals surface area contributed by atoms with Crippen LogP contribution in [0.15, 0.2) is 188 Å². The fourth-order valence-electron chi connectivity index (χ4n) is 10.6. The molecule has 2 nitrogen and oxygen atoms in total. The third-order valence-corrected chi connectivity index (χ3v) is 13.4. The highest BCUT2D eigenvalue weighted by molar-refractivity contribution is 6.90. The maximum Gasteiger partial charge on any atom is 0.333 e. The van der Waals surface area contributed by atoms with Crippen LogP contribution in [0.4, 0.5) is 0 Å². The van der Waals surface area contributed by atoms with Crippen molar-refractivity contribution in [2.24, 2.45) is 0 Å². The van der Waals surface area contributed by atoms with Crippen molar-refractivity contribution in [2.45, 2.75) is 13.8 Å². The van der Waals surface area contributed by atoms with E-state index in [4.69, 9.17) is 0 Å². The highest BCUT2D eigenvalue weighted by Gasteiger charge is 2.43. The number of rotatable bonds is 4.